The van der Waals surface area contributed by atoms with Gasteiger partial charge in [-0.25, -0.2) is 8.42 Å². The van der Waals surface area contributed by atoms with Crippen LogP contribution in [0.5, 0.6) is 0 Å². The fourth-order valence-electron chi connectivity index (χ4n) is 3.59. The summed E-state index contributed by atoms with van der Waals surface area (Å²) in [6.45, 7) is 0.803. The minimum atomic E-state index is -3.35. The summed E-state index contributed by atoms with van der Waals surface area (Å²) in [7, 11) is -1.69. The van der Waals surface area contributed by atoms with Crippen molar-refractivity contribution >= 4 is 32.3 Å². The molecule has 0 spiro atoms. The van der Waals surface area contributed by atoms with Crippen molar-refractivity contribution in [2.75, 3.05) is 6.26 Å². The van der Waals surface area contributed by atoms with Crippen LogP contribution < -0.4 is 5.56 Å². The molecule has 4 rings (SSSR count). The number of aromatic nitrogens is 2. The first-order chi connectivity index (χ1) is 12.8. The highest BCUT2D eigenvalue weighted by atomic mass is 35.5. The van der Waals surface area contributed by atoms with E-state index in [1.807, 2.05) is 12.1 Å². The molecule has 7 heteroatoms. The van der Waals surface area contributed by atoms with Crippen molar-refractivity contribution in [2.45, 2.75) is 30.7 Å². The molecule has 142 valence electrons. The maximum absolute atomic E-state index is 12.3. The van der Waals surface area contributed by atoms with Crippen molar-refractivity contribution in [3.63, 3.8) is 0 Å². The van der Waals surface area contributed by atoms with E-state index in [1.165, 1.54) is 23.7 Å². The van der Waals surface area contributed by atoms with E-state index in [0.717, 1.165) is 35.7 Å². The molecule has 0 atom stereocenters. The lowest BCUT2D eigenvalue weighted by molar-refractivity contribution is 0.602. The van der Waals surface area contributed by atoms with E-state index in [0.29, 0.717) is 10.3 Å². The predicted molar refractivity (Wildman–Crippen MR) is 108 cm³/mol. The van der Waals surface area contributed by atoms with Crippen LogP contribution in [0.1, 0.15) is 19.3 Å². The van der Waals surface area contributed by atoms with Gasteiger partial charge in [-0.15, -0.1) is 0 Å². The van der Waals surface area contributed by atoms with Crippen LogP contribution in [0, 0.1) is 5.92 Å². The monoisotopic (exact) mass is 404 g/mol. The molecule has 3 aromatic rings. The summed E-state index contributed by atoms with van der Waals surface area (Å²) in [5.74, 6) is 0.747. The van der Waals surface area contributed by atoms with Gasteiger partial charge in [0.15, 0.2) is 9.84 Å². The first-order valence-electron chi connectivity index (χ1n) is 8.94. The normalized spacial score (nSPS) is 14.8. The molecule has 0 radical (unpaired) electrons. The zero-order valence-electron chi connectivity index (χ0n) is 15.3. The molecule has 1 aromatic carbocycles. The zero-order valence-corrected chi connectivity index (χ0v) is 16.8. The summed E-state index contributed by atoms with van der Waals surface area (Å²) >= 11 is 6.12. The molecule has 27 heavy (non-hydrogen) atoms. The zero-order chi connectivity index (χ0) is 19.3. The lowest BCUT2D eigenvalue weighted by atomic mass is 10.2. The van der Waals surface area contributed by atoms with Gasteiger partial charge in [-0.1, -0.05) is 30.5 Å². The highest BCUT2D eigenvalue weighted by molar-refractivity contribution is 7.91. The Hall–Kier alpha value is -2.05. The van der Waals surface area contributed by atoms with Gasteiger partial charge < -0.3 is 9.13 Å². The Morgan fingerprint density at radius 3 is 2.59 bits per heavy atom. The molecule has 0 N–H and O–H groups in total. The molecule has 2 heterocycles. The van der Waals surface area contributed by atoms with Crippen molar-refractivity contribution in [3.8, 4) is 11.3 Å². The van der Waals surface area contributed by atoms with Gasteiger partial charge in [-0.05, 0) is 36.6 Å². The van der Waals surface area contributed by atoms with Gasteiger partial charge >= 0.3 is 0 Å². The van der Waals surface area contributed by atoms with Gasteiger partial charge in [0.25, 0.3) is 5.56 Å². The number of rotatable bonds is 5. The first kappa shape index (κ1) is 18.3. The summed E-state index contributed by atoms with van der Waals surface area (Å²) in [6.07, 6.45) is 6.55. The van der Waals surface area contributed by atoms with E-state index >= 15 is 0 Å². The summed E-state index contributed by atoms with van der Waals surface area (Å²) in [6, 6.07) is 8.93. The number of sulfone groups is 1. The molecular weight excluding hydrogens is 384 g/mol. The highest BCUT2D eigenvalue weighted by Gasteiger charge is 2.23. The van der Waals surface area contributed by atoms with Gasteiger partial charge in [0.1, 0.15) is 5.02 Å². The quantitative estimate of drug-likeness (QED) is 0.648. The third kappa shape index (κ3) is 3.44. The average Bonchev–Trinajstić information content (AvgIpc) is 3.35. The number of benzene rings is 1. The number of fused-ring (bicyclic) bond motifs is 1. The summed E-state index contributed by atoms with van der Waals surface area (Å²) < 4.78 is 28.1. The van der Waals surface area contributed by atoms with Crippen LogP contribution in [-0.2, 0) is 23.4 Å². The SMILES string of the molecule is Cn1cc(-c2cc3c(S(C)(=O)=O)cccc3n2CCC2CC2)cc(Cl)c1=O. The van der Waals surface area contributed by atoms with Crippen molar-refractivity contribution in [1.29, 1.82) is 0 Å². The Morgan fingerprint density at radius 1 is 1.22 bits per heavy atom. The van der Waals surface area contributed by atoms with E-state index in [4.69, 9.17) is 11.6 Å². The lowest BCUT2D eigenvalue weighted by Crippen LogP contribution is -2.16. The average molecular weight is 405 g/mol. The molecule has 1 saturated carbocycles. The Labute approximate surface area is 163 Å². The number of hydrogen-bond donors (Lipinski definition) is 0. The molecule has 1 aliphatic carbocycles. The number of hydrogen-bond acceptors (Lipinski definition) is 3. The molecule has 0 saturated heterocycles. The van der Waals surface area contributed by atoms with E-state index < -0.39 is 9.84 Å². The highest BCUT2D eigenvalue weighted by Crippen LogP contribution is 2.36. The molecule has 1 aliphatic rings. The third-order valence-corrected chi connectivity index (χ3v) is 6.62. The molecule has 5 nitrogen and oxygen atoms in total. The smallest absolute Gasteiger partial charge is 0.269 e. The first-order valence-corrected chi connectivity index (χ1v) is 11.2. The molecule has 1 fully saturated rings. The molecule has 0 unspecified atom stereocenters. The number of aryl methyl sites for hydroxylation is 2. The van der Waals surface area contributed by atoms with Gasteiger partial charge in [0.05, 0.1) is 10.6 Å². The maximum atomic E-state index is 12.3. The summed E-state index contributed by atoms with van der Waals surface area (Å²) in [5, 5.41) is 0.855. The number of halogens is 1. The van der Waals surface area contributed by atoms with Crippen molar-refractivity contribution < 1.29 is 8.42 Å². The molecule has 0 amide bonds. The van der Waals surface area contributed by atoms with E-state index in [9.17, 15) is 13.2 Å². The molecule has 0 aliphatic heterocycles. The Kier molecular flexibility index (Phi) is 4.43. The predicted octanol–water partition coefficient (Wildman–Crippen LogP) is 3.86. The van der Waals surface area contributed by atoms with E-state index in [-0.39, 0.29) is 10.6 Å². The minimum absolute atomic E-state index is 0.150. The second kappa shape index (κ2) is 6.53. The van der Waals surface area contributed by atoms with Gasteiger partial charge in [0, 0.05) is 42.5 Å². The van der Waals surface area contributed by atoms with Crippen LogP contribution in [0.3, 0.4) is 0 Å². The van der Waals surface area contributed by atoms with Gasteiger partial charge in [-0.3, -0.25) is 4.79 Å². The molecule has 2 aromatic heterocycles. The van der Waals surface area contributed by atoms with Crippen LogP contribution in [0.25, 0.3) is 22.2 Å². The Morgan fingerprint density at radius 2 is 1.96 bits per heavy atom. The van der Waals surface area contributed by atoms with Crippen LogP contribution in [0.15, 0.2) is 46.2 Å². The fourth-order valence-corrected chi connectivity index (χ4v) is 4.73. The molecular formula is C20H21ClN2O3S. The van der Waals surface area contributed by atoms with Crippen LogP contribution >= 0.6 is 11.6 Å². The van der Waals surface area contributed by atoms with E-state index in [2.05, 4.69) is 4.57 Å². The number of nitrogens with zero attached hydrogens (tertiary/aromatic N) is 2. The topological polar surface area (TPSA) is 61.1 Å². The van der Waals surface area contributed by atoms with Crippen molar-refractivity contribution in [2.24, 2.45) is 13.0 Å². The summed E-state index contributed by atoms with van der Waals surface area (Å²) in [5.41, 5.74) is 2.31. The van der Waals surface area contributed by atoms with E-state index in [1.54, 1.807) is 31.4 Å². The Balaban J connectivity index is 1.97. The van der Waals surface area contributed by atoms with Crippen molar-refractivity contribution in [1.82, 2.24) is 9.13 Å². The molecule has 0 bridgehead atoms. The van der Waals surface area contributed by atoms with Crippen molar-refractivity contribution in [3.05, 3.63) is 51.9 Å². The minimum Gasteiger partial charge on any atom is -0.340 e. The fraction of sp³-hybridized carbons (Fsp3) is 0.350. The Bertz CT molecular complexity index is 1180. The standard InChI is InChI=1S/C20H21ClN2O3S/c1-22-12-14(10-16(21)20(22)24)18-11-15-17(23(18)9-8-13-6-7-13)4-3-5-19(15)27(2,25)26/h3-5,10-13H,6-9H2,1-2H3. The van der Waals surface area contributed by atoms with Crippen LogP contribution in [-0.4, -0.2) is 23.8 Å². The van der Waals surface area contributed by atoms with Gasteiger partial charge in [-0.2, -0.15) is 0 Å². The third-order valence-electron chi connectivity index (χ3n) is 5.20. The second-order valence-electron chi connectivity index (χ2n) is 7.37. The van der Waals surface area contributed by atoms with Gasteiger partial charge in [0.2, 0.25) is 0 Å². The lowest BCUT2D eigenvalue weighted by Gasteiger charge is -2.12. The second-order valence-corrected chi connectivity index (χ2v) is 9.76. The largest absolute Gasteiger partial charge is 0.340 e. The number of pyridine rings is 1. The van der Waals surface area contributed by atoms with Crippen LogP contribution in [0.2, 0.25) is 5.02 Å². The van der Waals surface area contributed by atoms with Crippen LogP contribution in [0.4, 0.5) is 0 Å². The summed E-state index contributed by atoms with van der Waals surface area (Å²) in [4.78, 5) is 12.3. The maximum Gasteiger partial charge on any atom is 0.269 e.